The summed E-state index contributed by atoms with van der Waals surface area (Å²) < 4.78 is 5.64. The SMILES string of the molecule is N#Cc1cccc(COc2ccc(Cl)cc2CO)c1. The van der Waals surface area contributed by atoms with E-state index in [-0.39, 0.29) is 6.61 Å². The molecule has 2 rings (SSSR count). The smallest absolute Gasteiger partial charge is 0.125 e. The number of nitriles is 1. The Kier molecular flexibility index (Phi) is 4.40. The first kappa shape index (κ1) is 13.4. The highest BCUT2D eigenvalue weighted by atomic mass is 35.5. The average Bonchev–Trinajstić information content (AvgIpc) is 2.46. The Bertz CT molecular complexity index is 620. The summed E-state index contributed by atoms with van der Waals surface area (Å²) in [5.74, 6) is 0.592. The largest absolute Gasteiger partial charge is 0.489 e. The number of hydrogen-bond donors (Lipinski definition) is 1. The van der Waals surface area contributed by atoms with Gasteiger partial charge in [-0.1, -0.05) is 23.7 Å². The van der Waals surface area contributed by atoms with E-state index < -0.39 is 0 Å². The highest BCUT2D eigenvalue weighted by Gasteiger charge is 2.04. The third kappa shape index (κ3) is 3.47. The predicted octanol–water partition coefficient (Wildman–Crippen LogP) is 3.28. The van der Waals surface area contributed by atoms with E-state index >= 15 is 0 Å². The molecule has 0 aliphatic carbocycles. The van der Waals surface area contributed by atoms with Crippen molar-refractivity contribution in [2.45, 2.75) is 13.2 Å². The van der Waals surface area contributed by atoms with Gasteiger partial charge in [0.05, 0.1) is 18.2 Å². The number of hydrogen-bond acceptors (Lipinski definition) is 3. The average molecular weight is 274 g/mol. The molecule has 0 atom stereocenters. The first-order valence-electron chi connectivity index (χ1n) is 5.74. The Balaban J connectivity index is 2.12. The zero-order valence-electron chi connectivity index (χ0n) is 10.1. The molecule has 0 fully saturated rings. The minimum atomic E-state index is -0.131. The number of halogens is 1. The van der Waals surface area contributed by atoms with Crippen LogP contribution in [0.2, 0.25) is 5.02 Å². The summed E-state index contributed by atoms with van der Waals surface area (Å²) in [4.78, 5) is 0. The van der Waals surface area contributed by atoms with Crippen LogP contribution < -0.4 is 4.74 Å². The number of benzene rings is 2. The first-order chi connectivity index (χ1) is 9.22. The Labute approximate surface area is 116 Å². The highest BCUT2D eigenvalue weighted by Crippen LogP contribution is 2.23. The van der Waals surface area contributed by atoms with Crippen molar-refractivity contribution in [3.63, 3.8) is 0 Å². The van der Waals surface area contributed by atoms with Gasteiger partial charge in [0, 0.05) is 10.6 Å². The lowest BCUT2D eigenvalue weighted by molar-refractivity contribution is 0.259. The van der Waals surface area contributed by atoms with Gasteiger partial charge in [-0.05, 0) is 35.9 Å². The summed E-state index contributed by atoms with van der Waals surface area (Å²) in [6.45, 7) is 0.207. The number of nitrogens with zero attached hydrogens (tertiary/aromatic N) is 1. The Hall–Kier alpha value is -2.02. The monoisotopic (exact) mass is 273 g/mol. The summed E-state index contributed by atoms with van der Waals surface area (Å²) in [7, 11) is 0. The molecule has 0 saturated carbocycles. The van der Waals surface area contributed by atoms with Crippen molar-refractivity contribution in [1.29, 1.82) is 5.26 Å². The van der Waals surface area contributed by atoms with E-state index in [2.05, 4.69) is 6.07 Å². The molecular weight excluding hydrogens is 262 g/mol. The molecule has 1 N–H and O–H groups in total. The zero-order chi connectivity index (χ0) is 13.7. The molecule has 0 aliphatic heterocycles. The molecule has 0 saturated heterocycles. The van der Waals surface area contributed by atoms with Crippen molar-refractivity contribution in [3.05, 3.63) is 64.2 Å². The molecule has 0 bridgehead atoms. The molecule has 0 aromatic heterocycles. The van der Waals surface area contributed by atoms with Gasteiger partial charge in [-0.25, -0.2) is 0 Å². The van der Waals surface area contributed by atoms with Gasteiger partial charge in [0.25, 0.3) is 0 Å². The molecular formula is C15H12ClNO2. The molecule has 0 heterocycles. The summed E-state index contributed by atoms with van der Waals surface area (Å²) >= 11 is 5.85. The second-order valence-corrected chi connectivity index (χ2v) is 4.45. The van der Waals surface area contributed by atoms with E-state index in [9.17, 15) is 5.11 Å². The van der Waals surface area contributed by atoms with Crippen molar-refractivity contribution >= 4 is 11.6 Å². The normalized spacial score (nSPS) is 9.95. The van der Waals surface area contributed by atoms with Crippen molar-refractivity contribution in [1.82, 2.24) is 0 Å². The predicted molar refractivity (Wildman–Crippen MR) is 72.9 cm³/mol. The second-order valence-electron chi connectivity index (χ2n) is 4.01. The molecule has 0 unspecified atom stereocenters. The van der Waals surface area contributed by atoms with Crippen molar-refractivity contribution in [2.75, 3.05) is 0 Å². The maximum atomic E-state index is 9.24. The Morgan fingerprint density at radius 2 is 2.05 bits per heavy atom. The number of ether oxygens (including phenoxy) is 1. The van der Waals surface area contributed by atoms with E-state index in [1.54, 1.807) is 30.3 Å². The highest BCUT2D eigenvalue weighted by molar-refractivity contribution is 6.30. The zero-order valence-corrected chi connectivity index (χ0v) is 10.9. The maximum Gasteiger partial charge on any atom is 0.125 e. The molecule has 2 aromatic rings. The fourth-order valence-electron chi connectivity index (χ4n) is 1.70. The fraction of sp³-hybridized carbons (Fsp3) is 0.133. The Morgan fingerprint density at radius 1 is 1.21 bits per heavy atom. The van der Waals surface area contributed by atoms with Crippen LogP contribution in [-0.4, -0.2) is 5.11 Å². The van der Waals surface area contributed by atoms with Crippen LogP contribution in [0.3, 0.4) is 0 Å². The van der Waals surface area contributed by atoms with Crippen molar-refractivity contribution < 1.29 is 9.84 Å². The minimum absolute atomic E-state index is 0.131. The van der Waals surface area contributed by atoms with Crippen LogP contribution in [0.4, 0.5) is 0 Å². The van der Waals surface area contributed by atoms with E-state index in [0.717, 1.165) is 5.56 Å². The van der Waals surface area contributed by atoms with Crippen LogP contribution in [0, 0.1) is 11.3 Å². The first-order valence-corrected chi connectivity index (χ1v) is 6.12. The molecule has 19 heavy (non-hydrogen) atoms. The number of rotatable bonds is 4. The van der Waals surface area contributed by atoms with Gasteiger partial charge in [-0.3, -0.25) is 0 Å². The molecule has 4 heteroatoms. The fourth-order valence-corrected chi connectivity index (χ4v) is 1.90. The van der Waals surface area contributed by atoms with Crippen LogP contribution in [-0.2, 0) is 13.2 Å². The second kappa shape index (κ2) is 6.24. The Morgan fingerprint density at radius 3 is 2.79 bits per heavy atom. The molecule has 96 valence electrons. The van der Waals surface area contributed by atoms with Crippen LogP contribution in [0.5, 0.6) is 5.75 Å². The number of aliphatic hydroxyl groups excluding tert-OH is 1. The standard InChI is InChI=1S/C15H12ClNO2/c16-14-4-5-15(13(7-14)9-18)19-10-12-3-1-2-11(6-12)8-17/h1-7,18H,9-10H2. The third-order valence-corrected chi connectivity index (χ3v) is 2.88. The quantitative estimate of drug-likeness (QED) is 0.930. The lowest BCUT2D eigenvalue weighted by Gasteiger charge is -2.10. The summed E-state index contributed by atoms with van der Waals surface area (Å²) in [5, 5.41) is 18.6. The van der Waals surface area contributed by atoms with Gasteiger partial charge in [0.15, 0.2) is 0 Å². The van der Waals surface area contributed by atoms with Crippen LogP contribution in [0.25, 0.3) is 0 Å². The van der Waals surface area contributed by atoms with Gasteiger partial charge in [0.2, 0.25) is 0 Å². The lowest BCUT2D eigenvalue weighted by Crippen LogP contribution is -1.99. The summed E-state index contributed by atoms with van der Waals surface area (Å²) in [6.07, 6.45) is 0. The van der Waals surface area contributed by atoms with Gasteiger partial charge < -0.3 is 9.84 Å². The van der Waals surface area contributed by atoms with Gasteiger partial charge in [0.1, 0.15) is 12.4 Å². The molecule has 0 amide bonds. The molecule has 0 radical (unpaired) electrons. The van der Waals surface area contributed by atoms with E-state index in [1.807, 2.05) is 12.1 Å². The topological polar surface area (TPSA) is 53.2 Å². The van der Waals surface area contributed by atoms with Gasteiger partial charge >= 0.3 is 0 Å². The maximum absolute atomic E-state index is 9.24. The third-order valence-electron chi connectivity index (χ3n) is 2.64. The van der Waals surface area contributed by atoms with Gasteiger partial charge in [-0.2, -0.15) is 5.26 Å². The van der Waals surface area contributed by atoms with E-state index in [0.29, 0.717) is 28.5 Å². The minimum Gasteiger partial charge on any atom is -0.489 e. The van der Waals surface area contributed by atoms with Crippen molar-refractivity contribution in [2.24, 2.45) is 0 Å². The molecule has 0 aliphatic rings. The number of aliphatic hydroxyl groups is 1. The van der Waals surface area contributed by atoms with Crippen LogP contribution in [0.1, 0.15) is 16.7 Å². The van der Waals surface area contributed by atoms with Crippen LogP contribution in [0.15, 0.2) is 42.5 Å². The van der Waals surface area contributed by atoms with Gasteiger partial charge in [-0.15, -0.1) is 0 Å². The summed E-state index contributed by atoms with van der Waals surface area (Å²) in [5.41, 5.74) is 2.14. The molecule has 3 nitrogen and oxygen atoms in total. The lowest BCUT2D eigenvalue weighted by atomic mass is 10.1. The van der Waals surface area contributed by atoms with Crippen molar-refractivity contribution in [3.8, 4) is 11.8 Å². The van der Waals surface area contributed by atoms with E-state index in [4.69, 9.17) is 21.6 Å². The molecule has 0 spiro atoms. The molecule has 2 aromatic carbocycles. The summed E-state index contributed by atoms with van der Waals surface area (Å²) in [6, 6.07) is 14.4. The van der Waals surface area contributed by atoms with E-state index in [1.165, 1.54) is 0 Å². The van der Waals surface area contributed by atoms with Crippen LogP contribution >= 0.6 is 11.6 Å².